The molecule has 0 saturated carbocycles. The highest BCUT2D eigenvalue weighted by atomic mass is 16.5. The van der Waals surface area contributed by atoms with Crippen LogP contribution in [0, 0.1) is 0 Å². The van der Waals surface area contributed by atoms with Crippen molar-refractivity contribution in [1.82, 2.24) is 4.90 Å². The quantitative estimate of drug-likeness (QED) is 0.840. The lowest BCUT2D eigenvalue weighted by atomic mass is 9.76. The molecule has 1 heterocycles. The van der Waals surface area contributed by atoms with E-state index >= 15 is 0 Å². The second-order valence-corrected chi connectivity index (χ2v) is 6.72. The van der Waals surface area contributed by atoms with E-state index in [1.165, 1.54) is 34.2 Å². The molecule has 24 heavy (non-hydrogen) atoms. The van der Waals surface area contributed by atoms with Crippen LogP contribution in [0.4, 0.5) is 0 Å². The highest BCUT2D eigenvalue weighted by Gasteiger charge is 2.36. The standard InChI is InChI=1S/C21H25NO2/c1-4-10-22-11-9-15-13-18(23-2)21(24-3)20-16-8-6-5-7-14(16)12-17(22)19(15)20/h5-8,13,17H,4,9-12H2,1-3H3. The van der Waals surface area contributed by atoms with Gasteiger partial charge >= 0.3 is 0 Å². The Labute approximate surface area is 144 Å². The van der Waals surface area contributed by atoms with Crippen molar-refractivity contribution in [1.29, 1.82) is 0 Å². The van der Waals surface area contributed by atoms with Crippen LogP contribution < -0.4 is 9.47 Å². The monoisotopic (exact) mass is 323 g/mol. The summed E-state index contributed by atoms with van der Waals surface area (Å²) in [7, 11) is 3.48. The Morgan fingerprint density at radius 3 is 2.71 bits per heavy atom. The fourth-order valence-electron chi connectivity index (χ4n) is 4.46. The molecular weight excluding hydrogens is 298 g/mol. The van der Waals surface area contributed by atoms with Crippen LogP contribution in [0.15, 0.2) is 30.3 Å². The van der Waals surface area contributed by atoms with E-state index < -0.39 is 0 Å². The Bertz CT molecular complexity index is 769. The molecule has 1 aliphatic heterocycles. The van der Waals surface area contributed by atoms with Gasteiger partial charge in [-0.2, -0.15) is 0 Å². The number of nitrogens with zero attached hydrogens (tertiary/aromatic N) is 1. The minimum Gasteiger partial charge on any atom is -0.493 e. The third-order valence-corrected chi connectivity index (χ3v) is 5.45. The van der Waals surface area contributed by atoms with Crippen molar-refractivity contribution in [2.45, 2.75) is 32.2 Å². The van der Waals surface area contributed by atoms with Gasteiger partial charge in [-0.1, -0.05) is 31.2 Å². The van der Waals surface area contributed by atoms with Crippen LogP contribution in [0.2, 0.25) is 0 Å². The van der Waals surface area contributed by atoms with Crippen LogP contribution in [-0.2, 0) is 12.8 Å². The van der Waals surface area contributed by atoms with E-state index in [2.05, 4.69) is 42.2 Å². The molecule has 1 aliphatic carbocycles. The lowest BCUT2D eigenvalue weighted by Gasteiger charge is -2.42. The molecule has 2 aromatic carbocycles. The molecule has 0 N–H and O–H groups in total. The first-order valence-corrected chi connectivity index (χ1v) is 8.88. The topological polar surface area (TPSA) is 21.7 Å². The summed E-state index contributed by atoms with van der Waals surface area (Å²) in [5, 5.41) is 0. The number of ether oxygens (including phenoxy) is 2. The Morgan fingerprint density at radius 2 is 1.96 bits per heavy atom. The summed E-state index contributed by atoms with van der Waals surface area (Å²) in [6.45, 7) is 4.55. The Hall–Kier alpha value is -2.00. The molecule has 126 valence electrons. The van der Waals surface area contributed by atoms with Gasteiger partial charge in [0.05, 0.1) is 14.2 Å². The maximum atomic E-state index is 5.82. The van der Waals surface area contributed by atoms with Gasteiger partial charge in [-0.15, -0.1) is 0 Å². The molecule has 2 aromatic rings. The van der Waals surface area contributed by atoms with Crippen molar-refractivity contribution in [3.63, 3.8) is 0 Å². The smallest absolute Gasteiger partial charge is 0.168 e. The van der Waals surface area contributed by atoms with Gasteiger partial charge in [0.25, 0.3) is 0 Å². The highest BCUT2D eigenvalue weighted by Crippen LogP contribution is 2.52. The summed E-state index contributed by atoms with van der Waals surface area (Å²) >= 11 is 0. The minimum absolute atomic E-state index is 0.457. The molecule has 2 aliphatic rings. The molecule has 0 saturated heterocycles. The third kappa shape index (κ3) is 2.22. The first kappa shape index (κ1) is 15.5. The van der Waals surface area contributed by atoms with Crippen molar-refractivity contribution in [3.05, 3.63) is 47.0 Å². The predicted molar refractivity (Wildman–Crippen MR) is 97.0 cm³/mol. The summed E-state index contributed by atoms with van der Waals surface area (Å²) in [5.41, 5.74) is 6.86. The molecule has 0 aromatic heterocycles. The lowest BCUT2D eigenvalue weighted by molar-refractivity contribution is 0.182. The van der Waals surface area contributed by atoms with Gasteiger partial charge in [-0.3, -0.25) is 4.90 Å². The number of fused-ring (bicyclic) bond motifs is 2. The Balaban J connectivity index is 2.00. The molecule has 0 spiro atoms. The molecule has 3 heteroatoms. The van der Waals surface area contributed by atoms with E-state index in [1.54, 1.807) is 14.2 Å². The minimum atomic E-state index is 0.457. The first-order valence-electron chi connectivity index (χ1n) is 8.88. The van der Waals surface area contributed by atoms with Crippen molar-refractivity contribution < 1.29 is 9.47 Å². The van der Waals surface area contributed by atoms with Crippen molar-refractivity contribution in [3.8, 4) is 22.6 Å². The van der Waals surface area contributed by atoms with Crippen molar-refractivity contribution in [2.24, 2.45) is 0 Å². The largest absolute Gasteiger partial charge is 0.493 e. The Kier molecular flexibility index (Phi) is 3.97. The molecule has 0 fully saturated rings. The van der Waals surface area contributed by atoms with E-state index in [1.807, 2.05) is 0 Å². The van der Waals surface area contributed by atoms with E-state index in [4.69, 9.17) is 9.47 Å². The van der Waals surface area contributed by atoms with E-state index in [0.717, 1.165) is 37.4 Å². The second kappa shape index (κ2) is 6.14. The van der Waals surface area contributed by atoms with Gasteiger partial charge in [0.15, 0.2) is 11.5 Å². The first-order chi connectivity index (χ1) is 11.8. The van der Waals surface area contributed by atoms with Gasteiger partial charge in [-0.05, 0) is 54.1 Å². The van der Waals surface area contributed by atoms with Crippen LogP contribution in [0.1, 0.15) is 36.1 Å². The zero-order valence-corrected chi connectivity index (χ0v) is 14.8. The van der Waals surface area contributed by atoms with E-state index in [0.29, 0.717) is 6.04 Å². The zero-order valence-electron chi connectivity index (χ0n) is 14.8. The summed E-state index contributed by atoms with van der Waals surface area (Å²) in [6.07, 6.45) is 3.36. The summed E-state index contributed by atoms with van der Waals surface area (Å²) in [6, 6.07) is 11.4. The zero-order chi connectivity index (χ0) is 16.7. The van der Waals surface area contributed by atoms with Crippen LogP contribution in [0.5, 0.6) is 11.5 Å². The second-order valence-electron chi connectivity index (χ2n) is 6.72. The normalized spacial score (nSPS) is 18.7. The van der Waals surface area contributed by atoms with Crippen molar-refractivity contribution in [2.75, 3.05) is 27.3 Å². The SMILES string of the molecule is CCCN1CCc2cc(OC)c(OC)c3c2C1Cc1ccccc1-3. The van der Waals surface area contributed by atoms with E-state index in [-0.39, 0.29) is 0 Å². The molecule has 0 bridgehead atoms. The molecule has 3 nitrogen and oxygen atoms in total. The number of benzene rings is 2. The van der Waals surface area contributed by atoms with Gasteiger partial charge in [-0.25, -0.2) is 0 Å². The molecule has 4 rings (SSSR count). The van der Waals surface area contributed by atoms with Gasteiger partial charge < -0.3 is 9.47 Å². The fraction of sp³-hybridized carbons (Fsp3) is 0.429. The summed E-state index contributed by atoms with van der Waals surface area (Å²) in [4.78, 5) is 2.65. The Morgan fingerprint density at radius 1 is 1.12 bits per heavy atom. The fourth-order valence-corrected chi connectivity index (χ4v) is 4.46. The van der Waals surface area contributed by atoms with Crippen LogP contribution >= 0.6 is 0 Å². The van der Waals surface area contributed by atoms with Gasteiger partial charge in [0.2, 0.25) is 0 Å². The van der Waals surface area contributed by atoms with Crippen LogP contribution in [-0.4, -0.2) is 32.2 Å². The van der Waals surface area contributed by atoms with Crippen LogP contribution in [0.25, 0.3) is 11.1 Å². The molecule has 1 atom stereocenters. The number of rotatable bonds is 4. The number of methoxy groups -OCH3 is 2. The molecule has 1 unspecified atom stereocenters. The maximum absolute atomic E-state index is 5.82. The van der Waals surface area contributed by atoms with Gasteiger partial charge in [0.1, 0.15) is 0 Å². The van der Waals surface area contributed by atoms with E-state index in [9.17, 15) is 0 Å². The lowest BCUT2D eigenvalue weighted by Crippen LogP contribution is -2.39. The average molecular weight is 323 g/mol. The maximum Gasteiger partial charge on any atom is 0.168 e. The molecule has 0 radical (unpaired) electrons. The molecular formula is C21H25NO2. The van der Waals surface area contributed by atoms with Crippen molar-refractivity contribution >= 4 is 0 Å². The summed E-state index contributed by atoms with van der Waals surface area (Å²) in [5.74, 6) is 1.73. The van der Waals surface area contributed by atoms with Crippen LogP contribution in [0.3, 0.4) is 0 Å². The summed E-state index contributed by atoms with van der Waals surface area (Å²) < 4.78 is 11.5. The number of hydrogen-bond acceptors (Lipinski definition) is 3. The van der Waals surface area contributed by atoms with Gasteiger partial charge in [0, 0.05) is 18.2 Å². The predicted octanol–water partition coefficient (Wildman–Crippen LogP) is 4.24. The average Bonchev–Trinajstić information content (AvgIpc) is 2.63. The third-order valence-electron chi connectivity index (χ3n) is 5.45. The molecule has 0 amide bonds. The highest BCUT2D eigenvalue weighted by molar-refractivity contribution is 5.83. The number of hydrogen-bond donors (Lipinski definition) is 0.